The summed E-state index contributed by atoms with van der Waals surface area (Å²) in [7, 11) is 3.23. The number of thiophene rings is 2. The van der Waals surface area contributed by atoms with Crippen LogP contribution in [0, 0.1) is 6.92 Å². The standard InChI is InChI=1S/C27H32N4O4S2/c1-15(29-25-18-12-20(33-6)21(34-7)13-19(18)30-16(2)31-25)22-10-11-24(37-22)23-9-8-17(36-23)14-28-26(32)35-27(3,4)5/h8-13,15H,14H2,1-7H3,(H,28,32)(H,29,30,31). The van der Waals surface area contributed by atoms with Crippen molar-refractivity contribution >= 4 is 45.5 Å². The van der Waals surface area contributed by atoms with Crippen molar-refractivity contribution in [1.29, 1.82) is 0 Å². The molecule has 1 aromatic carbocycles. The summed E-state index contributed by atoms with van der Waals surface area (Å²) in [6.07, 6.45) is -0.413. The van der Waals surface area contributed by atoms with Crippen LogP contribution in [0.25, 0.3) is 20.7 Å². The summed E-state index contributed by atoms with van der Waals surface area (Å²) in [5.74, 6) is 2.68. The molecule has 4 rings (SSSR count). The molecule has 0 radical (unpaired) electrons. The molecule has 1 amide bonds. The number of aryl methyl sites for hydroxylation is 1. The molecule has 8 nitrogen and oxygen atoms in total. The number of amides is 1. The summed E-state index contributed by atoms with van der Waals surface area (Å²) in [5, 5.41) is 7.24. The van der Waals surface area contributed by atoms with Gasteiger partial charge in [-0.15, -0.1) is 22.7 Å². The van der Waals surface area contributed by atoms with E-state index in [0.29, 0.717) is 23.9 Å². The van der Waals surface area contributed by atoms with E-state index in [1.807, 2.05) is 45.9 Å². The average molecular weight is 541 g/mol. The van der Waals surface area contributed by atoms with Crippen LogP contribution in [0.2, 0.25) is 0 Å². The van der Waals surface area contributed by atoms with Gasteiger partial charge in [0.25, 0.3) is 0 Å². The number of anilines is 1. The quantitative estimate of drug-likeness (QED) is 0.250. The zero-order valence-corrected chi connectivity index (χ0v) is 23.7. The predicted octanol–water partition coefficient (Wildman–Crippen LogP) is 6.94. The molecule has 2 N–H and O–H groups in total. The average Bonchev–Trinajstić information content (AvgIpc) is 3.50. The van der Waals surface area contributed by atoms with Gasteiger partial charge in [-0.3, -0.25) is 0 Å². The Morgan fingerprint density at radius 3 is 2.38 bits per heavy atom. The third-order valence-electron chi connectivity index (χ3n) is 5.43. The predicted molar refractivity (Wildman–Crippen MR) is 150 cm³/mol. The van der Waals surface area contributed by atoms with Gasteiger partial charge in [-0.1, -0.05) is 0 Å². The number of carbonyl (C=O) groups is 1. The molecule has 1 atom stereocenters. The van der Waals surface area contributed by atoms with Crippen molar-refractivity contribution in [2.45, 2.75) is 52.8 Å². The monoisotopic (exact) mass is 540 g/mol. The molecule has 3 heterocycles. The Balaban J connectivity index is 1.48. The lowest BCUT2D eigenvalue weighted by atomic mass is 10.2. The van der Waals surface area contributed by atoms with E-state index in [1.54, 1.807) is 36.9 Å². The Kier molecular flexibility index (Phi) is 7.89. The lowest BCUT2D eigenvalue weighted by Crippen LogP contribution is -2.31. The Hall–Kier alpha value is -3.37. The summed E-state index contributed by atoms with van der Waals surface area (Å²) in [6.45, 7) is 9.98. The van der Waals surface area contributed by atoms with Crippen molar-refractivity contribution in [3.8, 4) is 21.3 Å². The fraction of sp³-hybridized carbons (Fsp3) is 0.370. The van der Waals surface area contributed by atoms with Crippen LogP contribution in [0.5, 0.6) is 11.5 Å². The highest BCUT2D eigenvalue weighted by Gasteiger charge is 2.18. The van der Waals surface area contributed by atoms with E-state index >= 15 is 0 Å². The number of hydrogen-bond acceptors (Lipinski definition) is 9. The number of carbonyl (C=O) groups excluding carboxylic acids is 1. The number of nitrogens with zero attached hydrogens (tertiary/aromatic N) is 2. The van der Waals surface area contributed by atoms with Crippen molar-refractivity contribution in [3.05, 3.63) is 52.0 Å². The van der Waals surface area contributed by atoms with Crippen molar-refractivity contribution in [2.75, 3.05) is 19.5 Å². The summed E-state index contributed by atoms with van der Waals surface area (Å²) in [6, 6.07) is 12.2. The summed E-state index contributed by atoms with van der Waals surface area (Å²) >= 11 is 3.39. The van der Waals surface area contributed by atoms with E-state index in [2.05, 4.69) is 45.7 Å². The lowest BCUT2D eigenvalue weighted by molar-refractivity contribution is 0.0524. The second-order valence-corrected chi connectivity index (χ2v) is 11.8. The second-order valence-electron chi connectivity index (χ2n) is 9.53. The first-order valence-electron chi connectivity index (χ1n) is 11.9. The topological polar surface area (TPSA) is 94.6 Å². The maximum atomic E-state index is 12.0. The first-order chi connectivity index (χ1) is 17.6. The highest BCUT2D eigenvalue weighted by atomic mass is 32.1. The van der Waals surface area contributed by atoms with Crippen LogP contribution in [-0.4, -0.2) is 35.9 Å². The number of hydrogen-bond donors (Lipinski definition) is 2. The van der Waals surface area contributed by atoms with E-state index in [0.717, 1.165) is 26.5 Å². The Morgan fingerprint density at radius 2 is 1.68 bits per heavy atom. The van der Waals surface area contributed by atoms with E-state index in [1.165, 1.54) is 9.75 Å². The van der Waals surface area contributed by atoms with E-state index in [-0.39, 0.29) is 6.04 Å². The SMILES string of the molecule is COc1cc2nc(C)nc(NC(C)c3ccc(-c4ccc(CNC(=O)OC(C)(C)C)s4)s3)c2cc1OC. The Bertz CT molecular complexity index is 1410. The minimum atomic E-state index is -0.515. The van der Waals surface area contributed by atoms with Crippen LogP contribution in [0.15, 0.2) is 36.4 Å². The van der Waals surface area contributed by atoms with Crippen LogP contribution in [0.1, 0.15) is 49.3 Å². The van der Waals surface area contributed by atoms with Crippen LogP contribution in [-0.2, 0) is 11.3 Å². The molecule has 0 fully saturated rings. The minimum absolute atomic E-state index is 0.0256. The van der Waals surface area contributed by atoms with Gasteiger partial charge in [-0.25, -0.2) is 14.8 Å². The zero-order valence-electron chi connectivity index (χ0n) is 22.1. The van der Waals surface area contributed by atoms with Gasteiger partial charge in [-0.05, 0) is 65.0 Å². The summed E-state index contributed by atoms with van der Waals surface area (Å²) < 4.78 is 16.2. The maximum Gasteiger partial charge on any atom is 0.407 e. The molecule has 0 saturated heterocycles. The smallest absolute Gasteiger partial charge is 0.407 e. The summed E-state index contributed by atoms with van der Waals surface area (Å²) in [4.78, 5) is 25.8. The molecule has 3 aromatic heterocycles. The molecule has 0 aliphatic heterocycles. The van der Waals surface area contributed by atoms with E-state index < -0.39 is 11.7 Å². The van der Waals surface area contributed by atoms with Crippen molar-refractivity contribution < 1.29 is 19.0 Å². The van der Waals surface area contributed by atoms with Gasteiger partial charge in [-0.2, -0.15) is 0 Å². The first-order valence-corrected chi connectivity index (χ1v) is 13.5. The van der Waals surface area contributed by atoms with Crippen molar-refractivity contribution in [3.63, 3.8) is 0 Å². The maximum absolute atomic E-state index is 12.0. The van der Waals surface area contributed by atoms with Crippen LogP contribution in [0.4, 0.5) is 10.6 Å². The minimum Gasteiger partial charge on any atom is -0.493 e. The van der Waals surface area contributed by atoms with Gasteiger partial charge in [0.1, 0.15) is 17.2 Å². The number of methoxy groups -OCH3 is 2. The highest BCUT2D eigenvalue weighted by Crippen LogP contribution is 2.38. The third kappa shape index (κ3) is 6.50. The number of aromatic nitrogens is 2. The molecule has 0 spiro atoms. The number of benzene rings is 1. The molecule has 0 aliphatic rings. The first kappa shape index (κ1) is 26.7. The molecule has 1 unspecified atom stereocenters. The van der Waals surface area contributed by atoms with Gasteiger partial charge < -0.3 is 24.8 Å². The third-order valence-corrected chi connectivity index (χ3v) is 7.98. The molecule has 0 bridgehead atoms. The number of alkyl carbamates (subject to hydrolysis) is 1. The van der Waals surface area contributed by atoms with Crippen molar-refractivity contribution in [2.24, 2.45) is 0 Å². The molecule has 37 heavy (non-hydrogen) atoms. The van der Waals surface area contributed by atoms with Crippen molar-refractivity contribution in [1.82, 2.24) is 15.3 Å². The van der Waals surface area contributed by atoms with Gasteiger partial charge in [0.05, 0.1) is 32.3 Å². The molecule has 4 aromatic rings. The van der Waals surface area contributed by atoms with E-state index in [4.69, 9.17) is 14.2 Å². The molecular weight excluding hydrogens is 508 g/mol. The molecule has 196 valence electrons. The Morgan fingerprint density at radius 1 is 1.00 bits per heavy atom. The number of fused-ring (bicyclic) bond motifs is 1. The van der Waals surface area contributed by atoms with Gasteiger partial charge in [0.15, 0.2) is 11.5 Å². The molecule has 0 aliphatic carbocycles. The lowest BCUT2D eigenvalue weighted by Gasteiger charge is -2.19. The van der Waals surface area contributed by atoms with Crippen LogP contribution in [0.3, 0.4) is 0 Å². The van der Waals surface area contributed by atoms with E-state index in [9.17, 15) is 4.79 Å². The molecular formula is C27H32N4O4S2. The molecule has 10 heteroatoms. The fourth-order valence-corrected chi connectivity index (χ4v) is 5.80. The van der Waals surface area contributed by atoms with Gasteiger partial charge in [0.2, 0.25) is 0 Å². The molecule has 0 saturated carbocycles. The van der Waals surface area contributed by atoms with Gasteiger partial charge in [0, 0.05) is 31.0 Å². The number of rotatable bonds is 8. The largest absolute Gasteiger partial charge is 0.493 e. The van der Waals surface area contributed by atoms with Crippen LogP contribution < -0.4 is 20.1 Å². The van der Waals surface area contributed by atoms with Gasteiger partial charge >= 0.3 is 6.09 Å². The van der Waals surface area contributed by atoms with Crippen LogP contribution >= 0.6 is 22.7 Å². The summed E-state index contributed by atoms with van der Waals surface area (Å²) in [5.41, 5.74) is 0.274. The Labute approximate surface area is 225 Å². The number of ether oxygens (including phenoxy) is 3. The second kappa shape index (κ2) is 10.9. The number of nitrogens with one attached hydrogen (secondary N) is 2. The fourth-order valence-electron chi connectivity index (χ4n) is 3.75. The highest BCUT2D eigenvalue weighted by molar-refractivity contribution is 7.22. The normalized spacial score (nSPS) is 12.3. The zero-order chi connectivity index (χ0) is 26.7.